The number of likely N-dealkylation sites (tertiary alicyclic amines) is 1. The lowest BCUT2D eigenvalue weighted by molar-refractivity contribution is 0.314. The molecular weight excluding hydrogens is 298 g/mol. The number of methoxy groups -OCH3 is 1. The molecule has 4 heteroatoms. The molecule has 1 aromatic heterocycles. The zero-order valence-corrected chi connectivity index (χ0v) is 15.3. The van der Waals surface area contributed by atoms with Crippen molar-refractivity contribution in [1.82, 2.24) is 14.5 Å². The molecule has 0 amide bonds. The summed E-state index contributed by atoms with van der Waals surface area (Å²) in [6, 6.07) is 8.89. The van der Waals surface area contributed by atoms with Crippen molar-refractivity contribution in [3.05, 3.63) is 47.5 Å². The minimum atomic E-state index is 0.483. The summed E-state index contributed by atoms with van der Waals surface area (Å²) in [5.41, 5.74) is 2.60. The molecule has 1 atom stereocenters. The van der Waals surface area contributed by atoms with E-state index >= 15 is 0 Å². The molecule has 1 saturated heterocycles. The van der Waals surface area contributed by atoms with Crippen molar-refractivity contribution in [3.63, 3.8) is 0 Å². The number of nitrogens with zero attached hydrogens (tertiary/aromatic N) is 3. The lowest BCUT2D eigenvalue weighted by Crippen LogP contribution is -2.21. The first-order valence-corrected chi connectivity index (χ1v) is 8.94. The molecule has 3 rings (SSSR count). The zero-order valence-electron chi connectivity index (χ0n) is 15.3. The number of imidazole rings is 1. The van der Waals surface area contributed by atoms with Crippen LogP contribution < -0.4 is 4.74 Å². The summed E-state index contributed by atoms with van der Waals surface area (Å²) in [4.78, 5) is 7.21. The largest absolute Gasteiger partial charge is 0.497 e. The minimum absolute atomic E-state index is 0.483. The van der Waals surface area contributed by atoms with Crippen LogP contribution in [0.1, 0.15) is 43.4 Å². The molecule has 130 valence electrons. The molecule has 0 aliphatic carbocycles. The van der Waals surface area contributed by atoms with Crippen molar-refractivity contribution in [2.45, 2.75) is 46.2 Å². The van der Waals surface area contributed by atoms with Crippen molar-refractivity contribution in [1.29, 1.82) is 0 Å². The first-order chi connectivity index (χ1) is 11.6. The lowest BCUT2D eigenvalue weighted by atomic mass is 10.0. The van der Waals surface area contributed by atoms with Crippen LogP contribution in [0, 0.1) is 12.8 Å². The predicted octanol–water partition coefficient (Wildman–Crippen LogP) is 3.85. The lowest BCUT2D eigenvalue weighted by Gasteiger charge is -2.18. The summed E-state index contributed by atoms with van der Waals surface area (Å²) in [7, 11) is 1.73. The Hall–Kier alpha value is -1.81. The molecule has 0 saturated carbocycles. The van der Waals surface area contributed by atoms with Crippen molar-refractivity contribution in [2.24, 2.45) is 5.92 Å². The van der Waals surface area contributed by atoms with Gasteiger partial charge in [0.2, 0.25) is 0 Å². The van der Waals surface area contributed by atoms with Crippen molar-refractivity contribution < 1.29 is 4.74 Å². The fourth-order valence-corrected chi connectivity index (χ4v) is 3.86. The van der Waals surface area contributed by atoms with Crippen LogP contribution >= 0.6 is 0 Å². The summed E-state index contributed by atoms with van der Waals surface area (Å²) in [5, 5.41) is 0. The molecular formula is C20H29N3O. The molecule has 1 fully saturated rings. The molecule has 1 aromatic carbocycles. The van der Waals surface area contributed by atoms with Crippen LogP contribution in [0.25, 0.3) is 0 Å². The molecule has 1 aliphatic rings. The van der Waals surface area contributed by atoms with Crippen LogP contribution in [0.3, 0.4) is 0 Å². The first-order valence-electron chi connectivity index (χ1n) is 8.94. The van der Waals surface area contributed by atoms with E-state index in [0.29, 0.717) is 12.0 Å². The monoisotopic (exact) mass is 327 g/mol. The van der Waals surface area contributed by atoms with Gasteiger partial charge < -0.3 is 9.30 Å². The Morgan fingerprint density at radius 1 is 1.33 bits per heavy atom. The molecule has 0 N–H and O–H groups in total. The van der Waals surface area contributed by atoms with Crippen LogP contribution in [0.2, 0.25) is 0 Å². The Morgan fingerprint density at radius 2 is 2.17 bits per heavy atom. The highest BCUT2D eigenvalue weighted by Crippen LogP contribution is 2.24. The van der Waals surface area contributed by atoms with Crippen molar-refractivity contribution in [3.8, 4) is 5.75 Å². The second kappa shape index (κ2) is 7.39. The molecule has 0 spiro atoms. The number of aromatic nitrogens is 2. The smallest absolute Gasteiger partial charge is 0.119 e. The minimum Gasteiger partial charge on any atom is -0.497 e. The van der Waals surface area contributed by atoms with Gasteiger partial charge in [0.1, 0.15) is 11.6 Å². The molecule has 1 aliphatic heterocycles. The van der Waals surface area contributed by atoms with Crippen LogP contribution in [-0.2, 0) is 13.0 Å². The number of ether oxygens (including phenoxy) is 1. The summed E-state index contributed by atoms with van der Waals surface area (Å²) in [6.45, 7) is 9.96. The Bertz CT molecular complexity index is 677. The van der Waals surface area contributed by atoms with Crippen molar-refractivity contribution in [2.75, 3.05) is 20.2 Å². The van der Waals surface area contributed by atoms with Crippen LogP contribution in [0.4, 0.5) is 0 Å². The third-order valence-corrected chi connectivity index (χ3v) is 4.96. The van der Waals surface area contributed by atoms with Gasteiger partial charge in [-0.25, -0.2) is 4.98 Å². The van der Waals surface area contributed by atoms with Gasteiger partial charge in [-0.15, -0.1) is 0 Å². The maximum atomic E-state index is 5.33. The maximum absolute atomic E-state index is 5.33. The summed E-state index contributed by atoms with van der Waals surface area (Å²) < 4.78 is 7.71. The van der Waals surface area contributed by atoms with E-state index in [1.807, 2.05) is 12.3 Å². The Labute approximate surface area is 145 Å². The molecule has 4 nitrogen and oxygen atoms in total. The highest BCUT2D eigenvalue weighted by molar-refractivity contribution is 5.28. The van der Waals surface area contributed by atoms with Gasteiger partial charge in [0, 0.05) is 37.4 Å². The van der Waals surface area contributed by atoms with E-state index in [9.17, 15) is 0 Å². The third kappa shape index (κ3) is 3.81. The maximum Gasteiger partial charge on any atom is 0.119 e. The molecule has 1 unspecified atom stereocenters. The highest BCUT2D eigenvalue weighted by atomic mass is 16.5. The van der Waals surface area contributed by atoms with Gasteiger partial charge >= 0.3 is 0 Å². The summed E-state index contributed by atoms with van der Waals surface area (Å²) in [6.07, 6.45) is 4.35. The van der Waals surface area contributed by atoms with Gasteiger partial charge in [-0.3, -0.25) is 4.90 Å². The van der Waals surface area contributed by atoms with Gasteiger partial charge in [-0.1, -0.05) is 12.1 Å². The second-order valence-electron chi connectivity index (χ2n) is 7.23. The molecule has 0 radical (unpaired) electrons. The Morgan fingerprint density at radius 3 is 2.92 bits per heavy atom. The zero-order chi connectivity index (χ0) is 17.1. The quantitative estimate of drug-likeness (QED) is 0.807. The van der Waals surface area contributed by atoms with Crippen LogP contribution in [-0.4, -0.2) is 34.7 Å². The van der Waals surface area contributed by atoms with E-state index in [1.54, 1.807) is 7.11 Å². The molecule has 2 aromatic rings. The van der Waals surface area contributed by atoms with Crippen LogP contribution in [0.5, 0.6) is 5.75 Å². The van der Waals surface area contributed by atoms with Crippen molar-refractivity contribution >= 4 is 0 Å². The van der Waals surface area contributed by atoms with Gasteiger partial charge in [0.25, 0.3) is 0 Å². The normalized spacial score (nSPS) is 18.5. The van der Waals surface area contributed by atoms with Gasteiger partial charge in [-0.05, 0) is 57.4 Å². The molecule has 24 heavy (non-hydrogen) atoms. The standard InChI is InChI=1S/C20H29N3O/c1-15(2)23-16(3)12-21-20(23)11-18-8-9-22(14-18)13-17-6-5-7-19(10-17)24-4/h5-7,10,12,15,18H,8-9,11,13-14H2,1-4H3. The van der Waals surface area contributed by atoms with Gasteiger partial charge in [-0.2, -0.15) is 0 Å². The summed E-state index contributed by atoms with van der Waals surface area (Å²) >= 11 is 0. The van der Waals surface area contributed by atoms with E-state index < -0.39 is 0 Å². The summed E-state index contributed by atoms with van der Waals surface area (Å²) in [5.74, 6) is 2.89. The fraction of sp³-hybridized carbons (Fsp3) is 0.550. The number of hydrogen-bond acceptors (Lipinski definition) is 3. The van der Waals surface area contributed by atoms with E-state index in [4.69, 9.17) is 4.74 Å². The number of benzene rings is 1. The predicted molar refractivity (Wildman–Crippen MR) is 97.4 cm³/mol. The number of rotatable bonds is 6. The van der Waals surface area contributed by atoms with E-state index in [0.717, 1.165) is 25.3 Å². The average Bonchev–Trinajstić information content (AvgIpc) is 3.14. The van der Waals surface area contributed by atoms with E-state index in [-0.39, 0.29) is 0 Å². The Balaban J connectivity index is 1.59. The number of aryl methyl sites for hydroxylation is 1. The highest BCUT2D eigenvalue weighted by Gasteiger charge is 2.25. The third-order valence-electron chi connectivity index (χ3n) is 4.96. The fourth-order valence-electron chi connectivity index (χ4n) is 3.86. The van der Waals surface area contributed by atoms with Crippen LogP contribution in [0.15, 0.2) is 30.5 Å². The SMILES string of the molecule is COc1cccc(CN2CCC(Cc3ncc(C)n3C(C)C)C2)c1. The average molecular weight is 327 g/mol. The number of hydrogen-bond donors (Lipinski definition) is 0. The van der Waals surface area contributed by atoms with Gasteiger partial charge in [0.15, 0.2) is 0 Å². The molecule has 2 heterocycles. The topological polar surface area (TPSA) is 30.3 Å². The van der Waals surface area contributed by atoms with E-state index in [1.165, 1.54) is 30.0 Å². The van der Waals surface area contributed by atoms with Gasteiger partial charge in [0.05, 0.1) is 7.11 Å². The second-order valence-corrected chi connectivity index (χ2v) is 7.23. The van der Waals surface area contributed by atoms with E-state index in [2.05, 4.69) is 53.4 Å². The Kier molecular flexibility index (Phi) is 5.24. The first kappa shape index (κ1) is 17.0. The molecule has 0 bridgehead atoms.